The first kappa shape index (κ1) is 13.4. The number of hydrogen-bond donors (Lipinski definition) is 2. The minimum atomic E-state index is -0.725. The molecule has 0 spiro atoms. The van der Waals surface area contributed by atoms with Gasteiger partial charge in [0.2, 0.25) is 0 Å². The van der Waals surface area contributed by atoms with Crippen LogP contribution in [0.15, 0.2) is 29.5 Å². The Balaban J connectivity index is 2.97. The summed E-state index contributed by atoms with van der Waals surface area (Å²) in [4.78, 5) is 11.6. The van der Waals surface area contributed by atoms with Gasteiger partial charge in [-0.1, -0.05) is 23.2 Å². The molecule has 0 atom stereocenters. The van der Waals surface area contributed by atoms with Gasteiger partial charge in [-0.25, -0.2) is 0 Å². The van der Waals surface area contributed by atoms with Crippen LogP contribution in [-0.2, 0) is 4.79 Å². The standard InChI is InChI=1S/C11H8Cl2N2O2/c1-6(16)8(5-14)11(17)15-10-3-2-7(12)4-9(10)13/h2-4,16H,1H3,(H,15,17)/b8-6-. The third kappa shape index (κ3) is 3.38. The molecule has 1 rings (SSSR count). The number of nitrogens with zero attached hydrogens (tertiary/aromatic N) is 1. The van der Waals surface area contributed by atoms with Crippen molar-refractivity contribution in [3.05, 3.63) is 39.6 Å². The van der Waals surface area contributed by atoms with Crippen LogP contribution in [-0.4, -0.2) is 11.0 Å². The molecular formula is C11H8Cl2N2O2. The number of nitriles is 1. The topological polar surface area (TPSA) is 73.1 Å². The van der Waals surface area contributed by atoms with Crippen LogP contribution in [0.4, 0.5) is 5.69 Å². The van der Waals surface area contributed by atoms with E-state index in [1.165, 1.54) is 19.1 Å². The first-order valence-corrected chi connectivity index (χ1v) is 5.27. The number of aliphatic hydroxyl groups is 1. The Kier molecular flexibility index (Phi) is 4.38. The second-order valence-corrected chi connectivity index (χ2v) is 3.99. The second kappa shape index (κ2) is 5.58. The summed E-state index contributed by atoms with van der Waals surface area (Å²) in [6.45, 7) is 1.25. The Morgan fingerprint density at radius 3 is 2.59 bits per heavy atom. The summed E-state index contributed by atoms with van der Waals surface area (Å²) in [7, 11) is 0. The third-order valence-electron chi connectivity index (χ3n) is 1.88. The normalized spacial score (nSPS) is 11.4. The summed E-state index contributed by atoms with van der Waals surface area (Å²) in [5, 5.41) is 20.9. The highest BCUT2D eigenvalue weighted by atomic mass is 35.5. The zero-order valence-electron chi connectivity index (χ0n) is 8.79. The van der Waals surface area contributed by atoms with E-state index in [4.69, 9.17) is 33.6 Å². The van der Waals surface area contributed by atoms with Gasteiger partial charge in [0.25, 0.3) is 5.91 Å². The largest absolute Gasteiger partial charge is 0.511 e. The molecule has 0 radical (unpaired) electrons. The molecule has 1 aromatic carbocycles. The molecule has 0 bridgehead atoms. The van der Waals surface area contributed by atoms with Crippen molar-refractivity contribution in [2.45, 2.75) is 6.92 Å². The first-order valence-electron chi connectivity index (χ1n) is 4.52. The molecule has 1 amide bonds. The summed E-state index contributed by atoms with van der Waals surface area (Å²) < 4.78 is 0. The number of carbonyl (C=O) groups excluding carboxylic acids is 1. The average molecular weight is 271 g/mol. The Labute approximate surface area is 108 Å². The highest BCUT2D eigenvalue weighted by Gasteiger charge is 2.14. The molecule has 0 aliphatic rings. The summed E-state index contributed by atoms with van der Waals surface area (Å²) in [5.41, 5.74) is -0.0499. The van der Waals surface area contributed by atoms with Crippen molar-refractivity contribution in [1.29, 1.82) is 5.26 Å². The van der Waals surface area contributed by atoms with E-state index in [2.05, 4.69) is 5.32 Å². The molecule has 6 heteroatoms. The number of allylic oxidation sites excluding steroid dienone is 1. The van der Waals surface area contributed by atoms with Crippen LogP contribution in [0, 0.1) is 11.3 Å². The number of amides is 1. The second-order valence-electron chi connectivity index (χ2n) is 3.15. The molecule has 0 aliphatic carbocycles. The van der Waals surface area contributed by atoms with Gasteiger partial charge in [0.1, 0.15) is 11.8 Å². The fourth-order valence-corrected chi connectivity index (χ4v) is 1.53. The molecule has 0 saturated carbocycles. The van der Waals surface area contributed by atoms with Crippen molar-refractivity contribution in [3.63, 3.8) is 0 Å². The molecule has 1 aromatic rings. The molecule has 0 saturated heterocycles. The van der Waals surface area contributed by atoms with Crippen molar-refractivity contribution < 1.29 is 9.90 Å². The molecule has 0 aromatic heterocycles. The van der Waals surface area contributed by atoms with Gasteiger partial charge in [0.15, 0.2) is 5.57 Å². The van der Waals surface area contributed by atoms with E-state index in [1.807, 2.05) is 0 Å². The van der Waals surface area contributed by atoms with Gasteiger partial charge in [-0.15, -0.1) is 0 Å². The maximum absolute atomic E-state index is 11.6. The number of benzene rings is 1. The van der Waals surface area contributed by atoms with E-state index in [9.17, 15) is 4.79 Å². The van der Waals surface area contributed by atoms with E-state index in [0.717, 1.165) is 0 Å². The van der Waals surface area contributed by atoms with Crippen molar-refractivity contribution in [3.8, 4) is 6.07 Å². The van der Waals surface area contributed by atoms with E-state index in [0.29, 0.717) is 10.7 Å². The van der Waals surface area contributed by atoms with E-state index in [1.54, 1.807) is 12.1 Å². The van der Waals surface area contributed by atoms with Crippen LogP contribution in [0.2, 0.25) is 10.0 Å². The summed E-state index contributed by atoms with van der Waals surface area (Å²) in [6, 6.07) is 6.11. The van der Waals surface area contributed by atoms with Crippen LogP contribution in [0.3, 0.4) is 0 Å². The van der Waals surface area contributed by atoms with E-state index >= 15 is 0 Å². The quantitative estimate of drug-likeness (QED) is 0.492. The smallest absolute Gasteiger partial charge is 0.269 e. The minimum Gasteiger partial charge on any atom is -0.511 e. The number of aliphatic hydroxyl groups excluding tert-OH is 1. The number of hydrogen-bond acceptors (Lipinski definition) is 3. The molecule has 88 valence electrons. The lowest BCUT2D eigenvalue weighted by molar-refractivity contribution is -0.112. The van der Waals surface area contributed by atoms with Crippen molar-refractivity contribution in [1.82, 2.24) is 0 Å². The molecule has 0 unspecified atom stereocenters. The van der Waals surface area contributed by atoms with Gasteiger partial charge in [-0.05, 0) is 25.1 Å². The number of halogens is 2. The number of nitrogens with one attached hydrogen (secondary N) is 1. The lowest BCUT2D eigenvalue weighted by Gasteiger charge is -2.06. The van der Waals surface area contributed by atoms with Gasteiger partial charge in [0.05, 0.1) is 10.7 Å². The highest BCUT2D eigenvalue weighted by Crippen LogP contribution is 2.25. The van der Waals surface area contributed by atoms with Crippen molar-refractivity contribution >= 4 is 34.8 Å². The number of anilines is 1. The first-order chi connectivity index (χ1) is 7.95. The predicted molar refractivity (Wildman–Crippen MR) is 66.0 cm³/mol. The zero-order chi connectivity index (χ0) is 13.0. The van der Waals surface area contributed by atoms with Gasteiger partial charge in [-0.2, -0.15) is 5.26 Å². The van der Waals surface area contributed by atoms with Crippen LogP contribution in [0.1, 0.15) is 6.92 Å². The molecule has 4 nitrogen and oxygen atoms in total. The Morgan fingerprint density at radius 1 is 1.47 bits per heavy atom. The van der Waals surface area contributed by atoms with Crippen molar-refractivity contribution in [2.75, 3.05) is 5.32 Å². The lowest BCUT2D eigenvalue weighted by atomic mass is 10.2. The SMILES string of the molecule is C/C(O)=C(\C#N)C(=O)Nc1ccc(Cl)cc1Cl. The molecular weight excluding hydrogens is 263 g/mol. The Bertz CT molecular complexity index is 529. The van der Waals surface area contributed by atoms with Gasteiger partial charge >= 0.3 is 0 Å². The van der Waals surface area contributed by atoms with Gasteiger partial charge < -0.3 is 10.4 Å². The van der Waals surface area contributed by atoms with E-state index < -0.39 is 5.91 Å². The van der Waals surface area contributed by atoms with Gasteiger partial charge in [0, 0.05) is 5.02 Å². The molecule has 0 heterocycles. The minimum absolute atomic E-state index is 0.249. The monoisotopic (exact) mass is 270 g/mol. The van der Waals surface area contributed by atoms with Crippen molar-refractivity contribution in [2.24, 2.45) is 0 Å². The number of carbonyl (C=O) groups is 1. The fourth-order valence-electron chi connectivity index (χ4n) is 1.07. The predicted octanol–water partition coefficient (Wildman–Crippen LogP) is 3.29. The third-order valence-corrected chi connectivity index (χ3v) is 2.43. The zero-order valence-corrected chi connectivity index (χ0v) is 10.3. The van der Waals surface area contributed by atoms with Crippen LogP contribution in [0.5, 0.6) is 0 Å². The van der Waals surface area contributed by atoms with Crippen LogP contribution >= 0.6 is 23.2 Å². The van der Waals surface area contributed by atoms with Gasteiger partial charge in [-0.3, -0.25) is 4.79 Å². The Morgan fingerprint density at radius 2 is 2.12 bits per heavy atom. The van der Waals surface area contributed by atoms with E-state index in [-0.39, 0.29) is 16.4 Å². The lowest BCUT2D eigenvalue weighted by Crippen LogP contribution is -2.15. The maximum Gasteiger partial charge on any atom is 0.269 e. The molecule has 2 N–H and O–H groups in total. The van der Waals surface area contributed by atoms with Crippen LogP contribution in [0.25, 0.3) is 0 Å². The highest BCUT2D eigenvalue weighted by molar-refractivity contribution is 6.36. The van der Waals surface area contributed by atoms with Crippen LogP contribution < -0.4 is 5.32 Å². The molecule has 0 aliphatic heterocycles. The summed E-state index contributed by atoms with van der Waals surface area (Å²) in [6.07, 6.45) is 0. The summed E-state index contributed by atoms with van der Waals surface area (Å²) >= 11 is 11.5. The number of rotatable bonds is 2. The average Bonchev–Trinajstić information content (AvgIpc) is 2.22. The molecule has 0 fully saturated rings. The fraction of sp³-hybridized carbons (Fsp3) is 0.0909. The molecule has 17 heavy (non-hydrogen) atoms. The Hall–Kier alpha value is -1.70. The maximum atomic E-state index is 11.6. The summed E-state index contributed by atoms with van der Waals surface area (Å²) in [5.74, 6) is -1.08.